The number of carbonyl (C=O) groups excluding carboxylic acids is 2. The van der Waals surface area contributed by atoms with E-state index < -0.39 is 0 Å². The van der Waals surface area contributed by atoms with Crippen molar-refractivity contribution in [3.05, 3.63) is 59.4 Å². The zero-order valence-electron chi connectivity index (χ0n) is 16.6. The molecule has 1 aromatic carbocycles. The van der Waals surface area contributed by atoms with Crippen LogP contribution in [0.4, 0.5) is 0 Å². The van der Waals surface area contributed by atoms with E-state index >= 15 is 0 Å². The van der Waals surface area contributed by atoms with Gasteiger partial charge in [-0.15, -0.1) is 0 Å². The number of furan rings is 1. The molecule has 7 nitrogen and oxygen atoms in total. The van der Waals surface area contributed by atoms with Gasteiger partial charge in [0.05, 0.1) is 18.5 Å². The topological polar surface area (TPSA) is 71.6 Å². The van der Waals surface area contributed by atoms with E-state index in [4.69, 9.17) is 16.0 Å². The molecular weight excluding hydrogens is 392 g/mol. The molecule has 0 bridgehead atoms. The molecule has 3 rings (SSSR count). The lowest BCUT2D eigenvalue weighted by Gasteiger charge is -2.22. The average Bonchev–Trinajstić information content (AvgIpc) is 3.38. The Labute approximate surface area is 174 Å². The van der Waals surface area contributed by atoms with Crippen molar-refractivity contribution < 1.29 is 14.0 Å². The van der Waals surface area contributed by atoms with Gasteiger partial charge < -0.3 is 14.2 Å². The Morgan fingerprint density at radius 2 is 1.83 bits per heavy atom. The Morgan fingerprint density at radius 1 is 1.14 bits per heavy atom. The zero-order chi connectivity index (χ0) is 21.0. The van der Waals surface area contributed by atoms with Crippen LogP contribution >= 0.6 is 11.6 Å². The Bertz CT molecular complexity index is 976. The molecule has 8 heteroatoms. The number of likely N-dealkylation sites (N-methyl/N-ethyl adjacent to an activating group) is 2. The van der Waals surface area contributed by atoms with Crippen LogP contribution in [0.5, 0.6) is 0 Å². The van der Waals surface area contributed by atoms with Gasteiger partial charge in [-0.3, -0.25) is 9.59 Å². The molecular formula is C21H23ClN4O3. The largest absolute Gasteiger partial charge is 0.463 e. The van der Waals surface area contributed by atoms with Crippen molar-refractivity contribution in [2.75, 3.05) is 26.7 Å². The predicted molar refractivity (Wildman–Crippen MR) is 111 cm³/mol. The van der Waals surface area contributed by atoms with Gasteiger partial charge >= 0.3 is 0 Å². The molecule has 2 aromatic heterocycles. The van der Waals surface area contributed by atoms with Crippen LogP contribution in [0.15, 0.2) is 53.1 Å². The van der Waals surface area contributed by atoms with Crippen molar-refractivity contribution in [2.24, 2.45) is 0 Å². The summed E-state index contributed by atoms with van der Waals surface area (Å²) in [5.41, 5.74) is 1.59. The second kappa shape index (κ2) is 8.96. The van der Waals surface area contributed by atoms with E-state index in [9.17, 15) is 9.59 Å². The fourth-order valence-corrected chi connectivity index (χ4v) is 3.14. The number of hydrogen-bond donors (Lipinski definition) is 0. The highest BCUT2D eigenvalue weighted by molar-refractivity contribution is 6.30. The maximum absolute atomic E-state index is 12.9. The van der Waals surface area contributed by atoms with Gasteiger partial charge in [0, 0.05) is 31.2 Å². The van der Waals surface area contributed by atoms with Crippen molar-refractivity contribution in [1.29, 1.82) is 0 Å². The van der Waals surface area contributed by atoms with Crippen molar-refractivity contribution in [3.63, 3.8) is 0 Å². The Balaban J connectivity index is 1.91. The molecule has 29 heavy (non-hydrogen) atoms. The lowest BCUT2D eigenvalue weighted by molar-refractivity contribution is -0.131. The average molecular weight is 415 g/mol. The lowest BCUT2D eigenvalue weighted by Crippen LogP contribution is -2.41. The van der Waals surface area contributed by atoms with Crippen LogP contribution in [-0.2, 0) is 4.79 Å². The van der Waals surface area contributed by atoms with Gasteiger partial charge in [0.15, 0.2) is 11.5 Å². The van der Waals surface area contributed by atoms with Gasteiger partial charge in [-0.05, 0) is 50.2 Å². The second-order valence-corrected chi connectivity index (χ2v) is 6.94. The third kappa shape index (κ3) is 4.51. The van der Waals surface area contributed by atoms with Gasteiger partial charge in [-0.1, -0.05) is 11.6 Å². The summed E-state index contributed by atoms with van der Waals surface area (Å²) in [4.78, 5) is 28.3. The number of amides is 2. The van der Waals surface area contributed by atoms with Gasteiger partial charge in [0.25, 0.3) is 5.91 Å². The first kappa shape index (κ1) is 20.7. The fraction of sp³-hybridized carbons (Fsp3) is 0.286. The molecule has 3 aromatic rings. The zero-order valence-corrected chi connectivity index (χ0v) is 17.4. The first-order valence-electron chi connectivity index (χ1n) is 9.37. The number of hydrogen-bond acceptors (Lipinski definition) is 4. The number of halogens is 1. The van der Waals surface area contributed by atoms with Crippen LogP contribution in [0.1, 0.15) is 24.3 Å². The molecule has 0 fully saturated rings. The quantitative estimate of drug-likeness (QED) is 0.590. The molecule has 0 saturated heterocycles. The maximum atomic E-state index is 12.9. The summed E-state index contributed by atoms with van der Waals surface area (Å²) >= 11 is 5.99. The smallest absolute Gasteiger partial charge is 0.274 e. The second-order valence-electron chi connectivity index (χ2n) is 6.51. The van der Waals surface area contributed by atoms with Gasteiger partial charge in [0.2, 0.25) is 5.91 Å². The summed E-state index contributed by atoms with van der Waals surface area (Å²) in [6, 6.07) is 12.3. The van der Waals surface area contributed by atoms with Crippen molar-refractivity contribution >= 4 is 23.4 Å². The van der Waals surface area contributed by atoms with Crippen LogP contribution in [0, 0.1) is 0 Å². The highest BCUT2D eigenvalue weighted by Gasteiger charge is 2.23. The summed E-state index contributed by atoms with van der Waals surface area (Å²) in [6.45, 7) is 5.01. The van der Waals surface area contributed by atoms with E-state index in [-0.39, 0.29) is 24.1 Å². The highest BCUT2D eigenvalue weighted by Crippen LogP contribution is 2.25. The van der Waals surface area contributed by atoms with Gasteiger partial charge in [-0.25, -0.2) is 4.68 Å². The van der Waals surface area contributed by atoms with Crippen LogP contribution in [-0.4, -0.2) is 58.1 Å². The van der Waals surface area contributed by atoms with Crippen LogP contribution in [0.25, 0.3) is 17.1 Å². The molecule has 0 saturated carbocycles. The molecule has 0 spiro atoms. The molecule has 152 valence electrons. The van der Waals surface area contributed by atoms with E-state index in [1.165, 1.54) is 4.90 Å². The molecule has 0 aliphatic heterocycles. The fourth-order valence-electron chi connectivity index (χ4n) is 3.01. The van der Waals surface area contributed by atoms with E-state index in [1.807, 2.05) is 26.0 Å². The van der Waals surface area contributed by atoms with Gasteiger partial charge in [-0.2, -0.15) is 5.10 Å². The monoisotopic (exact) mass is 414 g/mol. The minimum absolute atomic E-state index is 0.00952. The summed E-state index contributed by atoms with van der Waals surface area (Å²) in [7, 11) is 1.59. The third-order valence-corrected chi connectivity index (χ3v) is 4.86. The first-order valence-corrected chi connectivity index (χ1v) is 9.75. The summed E-state index contributed by atoms with van der Waals surface area (Å²) in [6.07, 6.45) is 1.56. The Kier molecular flexibility index (Phi) is 6.39. The van der Waals surface area contributed by atoms with Gasteiger partial charge in [0.1, 0.15) is 5.69 Å². The highest BCUT2D eigenvalue weighted by atomic mass is 35.5. The van der Waals surface area contributed by atoms with E-state index in [2.05, 4.69) is 5.10 Å². The minimum atomic E-state index is -0.342. The minimum Gasteiger partial charge on any atom is -0.463 e. The van der Waals surface area contributed by atoms with Crippen LogP contribution < -0.4 is 0 Å². The number of nitrogens with zero attached hydrogens (tertiary/aromatic N) is 4. The van der Waals surface area contributed by atoms with Crippen molar-refractivity contribution in [1.82, 2.24) is 19.6 Å². The number of benzene rings is 1. The molecule has 2 heterocycles. The predicted octanol–water partition coefficient (Wildman–Crippen LogP) is 3.73. The van der Waals surface area contributed by atoms with E-state index in [1.54, 1.807) is 53.2 Å². The number of aromatic nitrogens is 2. The molecule has 0 aliphatic rings. The molecule has 0 radical (unpaired) electrons. The SMILES string of the molecule is CCN(CC)C(=O)CN(C)C(=O)c1cc(-c2ccco2)n(-c2ccc(Cl)cc2)n1. The summed E-state index contributed by atoms with van der Waals surface area (Å²) in [5, 5.41) is 5.08. The molecule has 0 N–H and O–H groups in total. The number of carbonyl (C=O) groups is 2. The third-order valence-electron chi connectivity index (χ3n) is 4.61. The first-order chi connectivity index (χ1) is 13.9. The molecule has 0 aliphatic carbocycles. The molecule has 0 atom stereocenters. The van der Waals surface area contributed by atoms with Crippen molar-refractivity contribution in [2.45, 2.75) is 13.8 Å². The summed E-state index contributed by atoms with van der Waals surface area (Å²) in [5.74, 6) is 0.133. The van der Waals surface area contributed by atoms with E-state index in [0.29, 0.717) is 29.6 Å². The molecule has 0 unspecified atom stereocenters. The van der Waals surface area contributed by atoms with E-state index in [0.717, 1.165) is 5.69 Å². The number of rotatable bonds is 7. The molecule has 2 amide bonds. The van der Waals surface area contributed by atoms with Crippen LogP contribution in [0.3, 0.4) is 0 Å². The van der Waals surface area contributed by atoms with Crippen molar-refractivity contribution in [3.8, 4) is 17.1 Å². The normalized spacial score (nSPS) is 10.8. The summed E-state index contributed by atoms with van der Waals surface area (Å²) < 4.78 is 7.14. The lowest BCUT2D eigenvalue weighted by atomic mass is 10.2. The Hall–Kier alpha value is -3.06. The Morgan fingerprint density at radius 3 is 2.41 bits per heavy atom. The van der Waals surface area contributed by atoms with Crippen LogP contribution in [0.2, 0.25) is 5.02 Å². The maximum Gasteiger partial charge on any atom is 0.274 e. The standard InChI is InChI=1S/C21H23ClN4O3/c1-4-25(5-2)20(27)14-24(3)21(28)17-13-18(19-7-6-12-29-19)26(23-17)16-10-8-15(22)9-11-16/h6-13H,4-5,14H2,1-3H3.